The lowest BCUT2D eigenvalue weighted by Gasteiger charge is -2.25. The molecule has 0 saturated carbocycles. The second-order valence-electron chi connectivity index (χ2n) is 6.58. The van der Waals surface area contributed by atoms with Gasteiger partial charge in [0.05, 0.1) is 5.75 Å². The molecular weight excluding hydrogens is 324 g/mol. The number of nitrogens with one attached hydrogen (secondary N) is 1. The highest BCUT2D eigenvalue weighted by molar-refractivity contribution is 7.89. The van der Waals surface area contributed by atoms with Gasteiger partial charge in [-0.05, 0) is 62.8 Å². The van der Waals surface area contributed by atoms with E-state index >= 15 is 0 Å². The fourth-order valence-electron chi connectivity index (χ4n) is 2.88. The third kappa shape index (κ3) is 5.60. The Labute approximate surface area is 145 Å². The zero-order valence-corrected chi connectivity index (χ0v) is 15.5. The minimum atomic E-state index is -3.15. The molecule has 1 aliphatic rings. The number of carbonyl (C=O) groups excluding carboxylic acids is 1. The molecule has 1 saturated heterocycles. The van der Waals surface area contributed by atoms with E-state index in [9.17, 15) is 13.2 Å². The van der Waals surface area contributed by atoms with Crippen molar-refractivity contribution in [3.05, 3.63) is 29.3 Å². The molecule has 6 heteroatoms. The first-order chi connectivity index (χ1) is 11.4. The molecule has 0 atom stereocenters. The standard InChI is InChI=1S/C18H28N2O3S/c1-15-9-10-17(14-16(15)2)19-18(21)8-4-7-13-24(22,23)20-11-5-3-6-12-20/h9-10,14H,3-8,11-13H2,1-2H3,(H,19,21). The zero-order chi connectivity index (χ0) is 17.6. The normalized spacial score (nSPS) is 16.1. The van der Waals surface area contributed by atoms with Crippen LogP contribution in [0.4, 0.5) is 5.69 Å². The third-order valence-corrected chi connectivity index (χ3v) is 6.51. The van der Waals surface area contributed by atoms with Crippen LogP contribution in [0, 0.1) is 13.8 Å². The maximum Gasteiger partial charge on any atom is 0.224 e. The van der Waals surface area contributed by atoms with Crippen molar-refractivity contribution in [3.63, 3.8) is 0 Å². The highest BCUT2D eigenvalue weighted by Crippen LogP contribution is 2.16. The van der Waals surface area contributed by atoms with Crippen molar-refractivity contribution in [2.45, 2.75) is 52.4 Å². The van der Waals surface area contributed by atoms with Crippen LogP contribution in [-0.4, -0.2) is 37.5 Å². The summed E-state index contributed by atoms with van der Waals surface area (Å²) < 4.78 is 26.0. The number of hydrogen-bond donors (Lipinski definition) is 1. The SMILES string of the molecule is Cc1ccc(NC(=O)CCCCS(=O)(=O)N2CCCCC2)cc1C. The molecule has 1 aromatic carbocycles. The zero-order valence-electron chi connectivity index (χ0n) is 14.7. The van der Waals surface area contributed by atoms with Crippen LogP contribution < -0.4 is 5.32 Å². The lowest BCUT2D eigenvalue weighted by molar-refractivity contribution is -0.116. The predicted octanol–water partition coefficient (Wildman–Crippen LogP) is 3.23. The lowest BCUT2D eigenvalue weighted by atomic mass is 10.1. The molecule has 1 aliphatic heterocycles. The Morgan fingerprint density at radius 2 is 1.79 bits per heavy atom. The maximum absolute atomic E-state index is 12.2. The second kappa shape index (κ2) is 8.62. The summed E-state index contributed by atoms with van der Waals surface area (Å²) in [7, 11) is -3.15. The number of aryl methyl sites for hydroxylation is 2. The fourth-order valence-corrected chi connectivity index (χ4v) is 4.53. The topological polar surface area (TPSA) is 66.5 Å². The Morgan fingerprint density at radius 3 is 2.46 bits per heavy atom. The van der Waals surface area contributed by atoms with Crippen molar-refractivity contribution in [1.29, 1.82) is 0 Å². The molecule has 0 radical (unpaired) electrons. The lowest BCUT2D eigenvalue weighted by Crippen LogP contribution is -2.37. The van der Waals surface area contributed by atoms with E-state index in [-0.39, 0.29) is 11.7 Å². The first-order valence-corrected chi connectivity index (χ1v) is 10.3. The van der Waals surface area contributed by atoms with E-state index in [1.165, 1.54) is 5.56 Å². The summed E-state index contributed by atoms with van der Waals surface area (Å²) in [5.41, 5.74) is 3.13. The summed E-state index contributed by atoms with van der Waals surface area (Å²) in [6.45, 7) is 5.34. The Morgan fingerprint density at radius 1 is 1.08 bits per heavy atom. The molecule has 1 fully saturated rings. The molecule has 1 aromatic rings. The van der Waals surface area contributed by atoms with Crippen LogP contribution in [0.3, 0.4) is 0 Å². The van der Waals surface area contributed by atoms with Gasteiger partial charge in [-0.15, -0.1) is 0 Å². The molecule has 0 spiro atoms. The Balaban J connectivity index is 1.71. The summed E-state index contributed by atoms with van der Waals surface area (Å²) in [4.78, 5) is 12.0. The van der Waals surface area contributed by atoms with Crippen molar-refractivity contribution >= 4 is 21.6 Å². The van der Waals surface area contributed by atoms with Gasteiger partial charge < -0.3 is 5.32 Å². The molecular formula is C18H28N2O3S. The molecule has 0 aromatic heterocycles. The number of rotatable bonds is 7. The average molecular weight is 353 g/mol. The van der Waals surface area contributed by atoms with Gasteiger partial charge in [-0.2, -0.15) is 0 Å². The van der Waals surface area contributed by atoms with E-state index in [0.29, 0.717) is 32.4 Å². The summed E-state index contributed by atoms with van der Waals surface area (Å²) in [5, 5.41) is 2.87. The molecule has 1 heterocycles. The molecule has 0 unspecified atom stereocenters. The molecule has 5 nitrogen and oxygen atoms in total. The highest BCUT2D eigenvalue weighted by Gasteiger charge is 2.23. The largest absolute Gasteiger partial charge is 0.326 e. The second-order valence-corrected chi connectivity index (χ2v) is 8.67. The summed E-state index contributed by atoms with van der Waals surface area (Å²) in [6.07, 6.45) is 4.49. The van der Waals surface area contributed by atoms with Gasteiger partial charge in [0.15, 0.2) is 0 Å². The van der Waals surface area contributed by atoms with E-state index in [1.54, 1.807) is 4.31 Å². The predicted molar refractivity (Wildman–Crippen MR) is 97.6 cm³/mol. The smallest absolute Gasteiger partial charge is 0.224 e. The third-order valence-electron chi connectivity index (χ3n) is 4.56. The van der Waals surface area contributed by atoms with Crippen LogP contribution in [0.5, 0.6) is 0 Å². The average Bonchev–Trinajstić information content (AvgIpc) is 2.56. The van der Waals surface area contributed by atoms with Gasteiger partial charge in [0.1, 0.15) is 0 Å². The van der Waals surface area contributed by atoms with E-state index in [1.807, 2.05) is 32.0 Å². The number of benzene rings is 1. The first kappa shape index (κ1) is 18.9. The molecule has 2 rings (SSSR count). The summed E-state index contributed by atoms with van der Waals surface area (Å²) >= 11 is 0. The molecule has 24 heavy (non-hydrogen) atoms. The molecule has 134 valence electrons. The van der Waals surface area contributed by atoms with Gasteiger partial charge in [-0.25, -0.2) is 12.7 Å². The highest BCUT2D eigenvalue weighted by atomic mass is 32.2. The van der Waals surface area contributed by atoms with Crippen LogP contribution >= 0.6 is 0 Å². The van der Waals surface area contributed by atoms with E-state index in [2.05, 4.69) is 5.32 Å². The Kier molecular flexibility index (Phi) is 6.80. The molecule has 1 amide bonds. The quantitative estimate of drug-likeness (QED) is 0.766. The van der Waals surface area contributed by atoms with Crippen molar-refractivity contribution < 1.29 is 13.2 Å². The van der Waals surface area contributed by atoms with Crippen molar-refractivity contribution in [1.82, 2.24) is 4.31 Å². The minimum Gasteiger partial charge on any atom is -0.326 e. The number of hydrogen-bond acceptors (Lipinski definition) is 3. The Hall–Kier alpha value is -1.40. The van der Waals surface area contributed by atoms with Crippen LogP contribution in [-0.2, 0) is 14.8 Å². The summed E-state index contributed by atoms with van der Waals surface area (Å²) in [6, 6.07) is 5.82. The van der Waals surface area contributed by atoms with Gasteiger partial charge >= 0.3 is 0 Å². The molecule has 1 N–H and O–H groups in total. The van der Waals surface area contributed by atoms with Crippen LogP contribution in [0.25, 0.3) is 0 Å². The number of nitrogens with zero attached hydrogens (tertiary/aromatic N) is 1. The van der Waals surface area contributed by atoms with Crippen molar-refractivity contribution in [2.75, 3.05) is 24.2 Å². The van der Waals surface area contributed by atoms with Gasteiger partial charge in [-0.1, -0.05) is 12.5 Å². The number of amides is 1. The van der Waals surface area contributed by atoms with Gasteiger partial charge in [-0.3, -0.25) is 4.79 Å². The fraction of sp³-hybridized carbons (Fsp3) is 0.611. The first-order valence-electron chi connectivity index (χ1n) is 8.73. The summed E-state index contributed by atoms with van der Waals surface area (Å²) in [5.74, 6) is 0.0813. The minimum absolute atomic E-state index is 0.0615. The van der Waals surface area contributed by atoms with Crippen LogP contribution in [0.15, 0.2) is 18.2 Å². The number of anilines is 1. The van der Waals surface area contributed by atoms with Crippen molar-refractivity contribution in [2.24, 2.45) is 0 Å². The van der Waals surface area contributed by atoms with E-state index in [4.69, 9.17) is 0 Å². The molecule has 0 bridgehead atoms. The molecule has 0 aliphatic carbocycles. The monoisotopic (exact) mass is 352 g/mol. The van der Waals surface area contributed by atoms with E-state index in [0.717, 1.165) is 30.5 Å². The van der Waals surface area contributed by atoms with Gasteiger partial charge in [0.2, 0.25) is 15.9 Å². The van der Waals surface area contributed by atoms with Gasteiger partial charge in [0.25, 0.3) is 0 Å². The van der Waals surface area contributed by atoms with Crippen molar-refractivity contribution in [3.8, 4) is 0 Å². The Bertz CT molecular complexity index is 665. The van der Waals surface area contributed by atoms with E-state index < -0.39 is 10.0 Å². The number of unbranched alkanes of at least 4 members (excludes halogenated alkanes) is 1. The maximum atomic E-state index is 12.2. The van der Waals surface area contributed by atoms with Gasteiger partial charge in [0, 0.05) is 25.2 Å². The van der Waals surface area contributed by atoms with Crippen LogP contribution in [0.2, 0.25) is 0 Å². The number of carbonyl (C=O) groups is 1. The number of sulfonamides is 1. The van der Waals surface area contributed by atoms with Crippen LogP contribution in [0.1, 0.15) is 49.7 Å². The number of piperidine rings is 1.